The fraction of sp³-hybridized carbons (Fsp3) is 0.500. The second-order valence-electron chi connectivity index (χ2n) is 4.84. The van der Waals surface area contributed by atoms with E-state index in [0.29, 0.717) is 5.56 Å². The molecule has 1 fully saturated rings. The summed E-state index contributed by atoms with van der Waals surface area (Å²) in [6.45, 7) is 0. The molecule has 0 bridgehead atoms. The summed E-state index contributed by atoms with van der Waals surface area (Å²) in [5.41, 5.74) is 0.665. The molecule has 0 unspecified atom stereocenters. The van der Waals surface area contributed by atoms with Crippen LogP contribution in [0.4, 0.5) is 0 Å². The molecule has 18 heavy (non-hydrogen) atoms. The number of rotatable bonds is 2. The monoisotopic (exact) mass is 311 g/mol. The quantitative estimate of drug-likeness (QED) is 0.912. The van der Waals surface area contributed by atoms with Crippen LogP contribution in [0.5, 0.6) is 0 Å². The van der Waals surface area contributed by atoms with Gasteiger partial charge in [0.1, 0.15) is 0 Å². The van der Waals surface area contributed by atoms with Crippen LogP contribution in [-0.4, -0.2) is 35.1 Å². The van der Waals surface area contributed by atoms with Crippen LogP contribution in [0.3, 0.4) is 0 Å². The lowest BCUT2D eigenvalue weighted by molar-refractivity contribution is 0.0268. The number of aliphatic hydroxyl groups excluding tert-OH is 1. The Morgan fingerprint density at radius 2 is 1.89 bits per heavy atom. The first kappa shape index (κ1) is 13.6. The predicted octanol–water partition coefficient (Wildman–Crippen LogP) is 2.82. The number of amides is 1. The first-order valence-electron chi connectivity index (χ1n) is 6.30. The molecule has 1 amide bonds. The van der Waals surface area contributed by atoms with E-state index >= 15 is 0 Å². The van der Waals surface area contributed by atoms with Crippen molar-refractivity contribution in [2.24, 2.45) is 0 Å². The zero-order valence-corrected chi connectivity index (χ0v) is 12.1. The molecule has 1 aliphatic rings. The van der Waals surface area contributed by atoms with Crippen LogP contribution in [0.15, 0.2) is 28.7 Å². The lowest BCUT2D eigenvalue weighted by Crippen LogP contribution is -2.46. The van der Waals surface area contributed by atoms with E-state index in [9.17, 15) is 9.90 Å². The highest BCUT2D eigenvalue weighted by molar-refractivity contribution is 9.10. The van der Waals surface area contributed by atoms with Crippen LogP contribution in [0.25, 0.3) is 0 Å². The maximum Gasteiger partial charge on any atom is 0.253 e. The van der Waals surface area contributed by atoms with Crippen molar-refractivity contribution in [3.8, 4) is 0 Å². The summed E-state index contributed by atoms with van der Waals surface area (Å²) < 4.78 is 0.958. The van der Waals surface area contributed by atoms with Crippen molar-refractivity contribution in [3.05, 3.63) is 34.3 Å². The third-order valence-electron chi connectivity index (χ3n) is 3.60. The van der Waals surface area contributed by atoms with E-state index in [2.05, 4.69) is 15.9 Å². The maximum absolute atomic E-state index is 12.3. The molecule has 1 N–H and O–H groups in total. The van der Waals surface area contributed by atoms with Crippen molar-refractivity contribution in [2.45, 2.75) is 37.8 Å². The van der Waals surface area contributed by atoms with Gasteiger partial charge in [0.15, 0.2) is 0 Å². The summed E-state index contributed by atoms with van der Waals surface area (Å²) in [4.78, 5) is 14.0. The SMILES string of the molecule is CN(C(=O)c1ccc(Br)cc1)[C@@H]1CCCC[C@H]1O. The van der Waals surface area contributed by atoms with Crippen molar-refractivity contribution in [1.29, 1.82) is 0 Å². The van der Waals surface area contributed by atoms with Crippen molar-refractivity contribution in [3.63, 3.8) is 0 Å². The molecule has 0 heterocycles. The van der Waals surface area contributed by atoms with Gasteiger partial charge in [-0.15, -0.1) is 0 Å². The van der Waals surface area contributed by atoms with Gasteiger partial charge in [-0.25, -0.2) is 0 Å². The summed E-state index contributed by atoms with van der Waals surface area (Å²) in [5, 5.41) is 9.98. The summed E-state index contributed by atoms with van der Waals surface area (Å²) in [5.74, 6) is -0.0200. The lowest BCUT2D eigenvalue weighted by Gasteiger charge is -2.35. The predicted molar refractivity (Wildman–Crippen MR) is 74.5 cm³/mol. The lowest BCUT2D eigenvalue weighted by atomic mass is 9.91. The van der Waals surface area contributed by atoms with Gasteiger partial charge < -0.3 is 10.0 Å². The Kier molecular flexibility index (Phi) is 4.40. The average Bonchev–Trinajstić information content (AvgIpc) is 2.38. The molecule has 1 aliphatic carbocycles. The number of carbonyl (C=O) groups is 1. The van der Waals surface area contributed by atoms with Gasteiger partial charge in [-0.3, -0.25) is 4.79 Å². The van der Waals surface area contributed by atoms with E-state index in [-0.39, 0.29) is 18.1 Å². The number of nitrogens with zero attached hydrogens (tertiary/aromatic N) is 1. The van der Waals surface area contributed by atoms with Crippen LogP contribution in [-0.2, 0) is 0 Å². The second kappa shape index (κ2) is 5.85. The van der Waals surface area contributed by atoms with E-state index in [0.717, 1.165) is 30.2 Å². The van der Waals surface area contributed by atoms with Gasteiger partial charge in [0.2, 0.25) is 0 Å². The van der Waals surface area contributed by atoms with Crippen LogP contribution in [0.2, 0.25) is 0 Å². The van der Waals surface area contributed by atoms with Gasteiger partial charge >= 0.3 is 0 Å². The molecular formula is C14H18BrNO2. The standard InChI is InChI=1S/C14H18BrNO2/c1-16(12-4-2-3-5-13(12)17)14(18)10-6-8-11(15)9-7-10/h6-9,12-13,17H,2-5H2,1H3/t12-,13-/m1/s1. The number of likely N-dealkylation sites (N-methyl/N-ethyl adjacent to an activating group) is 1. The molecular weight excluding hydrogens is 294 g/mol. The molecule has 3 nitrogen and oxygen atoms in total. The van der Waals surface area contributed by atoms with Crippen molar-refractivity contribution in [2.75, 3.05) is 7.05 Å². The van der Waals surface area contributed by atoms with Gasteiger partial charge in [0.05, 0.1) is 12.1 Å². The molecule has 0 saturated heterocycles. The Morgan fingerprint density at radius 3 is 2.50 bits per heavy atom. The molecule has 1 aromatic carbocycles. The Balaban J connectivity index is 2.10. The smallest absolute Gasteiger partial charge is 0.253 e. The highest BCUT2D eigenvalue weighted by Crippen LogP contribution is 2.23. The van der Waals surface area contributed by atoms with Gasteiger partial charge in [-0.05, 0) is 37.1 Å². The molecule has 4 heteroatoms. The Bertz CT molecular complexity index is 418. The number of hydrogen-bond acceptors (Lipinski definition) is 2. The number of halogens is 1. The van der Waals surface area contributed by atoms with Crippen molar-refractivity contribution >= 4 is 21.8 Å². The van der Waals surface area contributed by atoms with Gasteiger partial charge in [0, 0.05) is 17.1 Å². The third kappa shape index (κ3) is 2.93. The Hall–Kier alpha value is -0.870. The van der Waals surface area contributed by atoms with Crippen molar-refractivity contribution in [1.82, 2.24) is 4.90 Å². The van der Waals surface area contributed by atoms with Crippen LogP contribution >= 0.6 is 15.9 Å². The summed E-state index contributed by atoms with van der Waals surface area (Å²) in [6.07, 6.45) is 3.43. The molecule has 0 radical (unpaired) electrons. The van der Waals surface area contributed by atoms with E-state index in [1.807, 2.05) is 12.1 Å². The first-order valence-corrected chi connectivity index (χ1v) is 7.09. The Morgan fingerprint density at radius 1 is 1.28 bits per heavy atom. The minimum Gasteiger partial charge on any atom is -0.391 e. The normalized spacial score (nSPS) is 23.7. The molecule has 0 aliphatic heterocycles. The Labute approximate surface area is 116 Å². The number of benzene rings is 1. The second-order valence-corrected chi connectivity index (χ2v) is 5.76. The third-order valence-corrected chi connectivity index (χ3v) is 4.13. The summed E-state index contributed by atoms with van der Waals surface area (Å²) >= 11 is 3.35. The highest BCUT2D eigenvalue weighted by atomic mass is 79.9. The van der Waals surface area contributed by atoms with E-state index in [1.165, 1.54) is 0 Å². The average molecular weight is 312 g/mol. The minimum absolute atomic E-state index is 0.0200. The van der Waals surface area contributed by atoms with Gasteiger partial charge in [0.25, 0.3) is 5.91 Å². The van der Waals surface area contributed by atoms with Crippen LogP contribution in [0, 0.1) is 0 Å². The zero-order chi connectivity index (χ0) is 13.1. The molecule has 2 rings (SSSR count). The molecule has 98 valence electrons. The number of aliphatic hydroxyl groups is 1. The fourth-order valence-electron chi connectivity index (χ4n) is 2.49. The molecule has 1 saturated carbocycles. The van der Waals surface area contributed by atoms with Crippen LogP contribution < -0.4 is 0 Å². The largest absolute Gasteiger partial charge is 0.391 e. The number of hydrogen-bond donors (Lipinski definition) is 1. The summed E-state index contributed by atoms with van der Waals surface area (Å²) in [6, 6.07) is 7.28. The van der Waals surface area contributed by atoms with E-state index in [1.54, 1.807) is 24.1 Å². The fourth-order valence-corrected chi connectivity index (χ4v) is 2.75. The topological polar surface area (TPSA) is 40.5 Å². The van der Waals surface area contributed by atoms with Gasteiger partial charge in [-0.1, -0.05) is 28.8 Å². The first-order chi connectivity index (χ1) is 8.59. The minimum atomic E-state index is -0.386. The number of carbonyl (C=O) groups excluding carboxylic acids is 1. The molecule has 0 spiro atoms. The molecule has 0 aromatic heterocycles. The van der Waals surface area contributed by atoms with Gasteiger partial charge in [-0.2, -0.15) is 0 Å². The molecule has 1 aromatic rings. The maximum atomic E-state index is 12.3. The van der Waals surface area contributed by atoms with E-state index in [4.69, 9.17) is 0 Å². The van der Waals surface area contributed by atoms with Crippen molar-refractivity contribution < 1.29 is 9.90 Å². The highest BCUT2D eigenvalue weighted by Gasteiger charge is 2.29. The molecule has 2 atom stereocenters. The zero-order valence-electron chi connectivity index (χ0n) is 10.5. The summed E-state index contributed by atoms with van der Waals surface area (Å²) in [7, 11) is 1.78. The van der Waals surface area contributed by atoms with Crippen LogP contribution in [0.1, 0.15) is 36.0 Å². The van der Waals surface area contributed by atoms with E-state index < -0.39 is 0 Å².